The molecule has 0 amide bonds. The number of hydrogen-bond donors (Lipinski definition) is 1. The Balaban J connectivity index is 2.43. The summed E-state index contributed by atoms with van der Waals surface area (Å²) >= 11 is 0. The molecule has 1 heterocycles. The van der Waals surface area contributed by atoms with Gasteiger partial charge in [0.2, 0.25) is 0 Å². The van der Waals surface area contributed by atoms with Gasteiger partial charge >= 0.3 is 0 Å². The highest BCUT2D eigenvalue weighted by atomic mass is 16.3. The van der Waals surface area contributed by atoms with Gasteiger partial charge in [-0.25, -0.2) is 4.98 Å². The lowest BCUT2D eigenvalue weighted by atomic mass is 10.1. The second-order valence-corrected chi connectivity index (χ2v) is 4.56. The molecule has 1 aromatic rings. The molecule has 1 aliphatic carbocycles. The van der Waals surface area contributed by atoms with E-state index in [1.807, 2.05) is 19.9 Å². The van der Waals surface area contributed by atoms with E-state index in [9.17, 15) is 5.11 Å². The third-order valence-corrected chi connectivity index (χ3v) is 3.21. The predicted octanol–water partition coefficient (Wildman–Crippen LogP) is 2.18. The monoisotopic (exact) mass is 220 g/mol. The van der Waals surface area contributed by atoms with Crippen LogP contribution in [0.5, 0.6) is 0 Å². The molecule has 1 fully saturated rings. The van der Waals surface area contributed by atoms with E-state index in [0.29, 0.717) is 6.04 Å². The summed E-state index contributed by atoms with van der Waals surface area (Å²) in [5, 5.41) is 9.47. The van der Waals surface area contributed by atoms with Crippen molar-refractivity contribution in [1.29, 1.82) is 0 Å². The van der Waals surface area contributed by atoms with E-state index in [0.717, 1.165) is 29.2 Å². The Kier molecular flexibility index (Phi) is 3.15. The van der Waals surface area contributed by atoms with Gasteiger partial charge in [-0.1, -0.05) is 0 Å². The molecule has 1 aromatic heterocycles. The zero-order chi connectivity index (χ0) is 11.7. The molecule has 0 radical (unpaired) electrons. The van der Waals surface area contributed by atoms with Gasteiger partial charge in [0.1, 0.15) is 5.82 Å². The molecule has 0 aliphatic heterocycles. The molecular weight excluding hydrogens is 200 g/mol. The standard InChI is InChI=1S/C13H20N2O/c1-4-15(11-5-6-11)13-12(8-16)9(2)7-10(3)14-13/h7,11,16H,4-6,8H2,1-3H3. The number of pyridine rings is 1. The Morgan fingerprint density at radius 2 is 2.12 bits per heavy atom. The normalized spacial score (nSPS) is 15.2. The van der Waals surface area contributed by atoms with Gasteiger partial charge in [0.25, 0.3) is 0 Å². The number of aromatic nitrogens is 1. The summed E-state index contributed by atoms with van der Waals surface area (Å²) < 4.78 is 0. The topological polar surface area (TPSA) is 36.4 Å². The fraction of sp³-hybridized carbons (Fsp3) is 0.615. The van der Waals surface area contributed by atoms with Gasteiger partial charge in [-0.15, -0.1) is 0 Å². The van der Waals surface area contributed by atoms with E-state index in [2.05, 4.69) is 16.8 Å². The number of anilines is 1. The molecule has 3 heteroatoms. The molecule has 0 atom stereocenters. The maximum absolute atomic E-state index is 9.47. The third-order valence-electron chi connectivity index (χ3n) is 3.21. The first-order chi connectivity index (χ1) is 7.67. The van der Waals surface area contributed by atoms with Crippen LogP contribution < -0.4 is 4.90 Å². The fourth-order valence-electron chi connectivity index (χ4n) is 2.24. The molecule has 0 bridgehead atoms. The first kappa shape index (κ1) is 11.4. The summed E-state index contributed by atoms with van der Waals surface area (Å²) in [6.45, 7) is 7.26. The van der Waals surface area contributed by atoms with E-state index in [1.165, 1.54) is 12.8 Å². The number of aryl methyl sites for hydroxylation is 2. The van der Waals surface area contributed by atoms with Crippen molar-refractivity contribution >= 4 is 5.82 Å². The van der Waals surface area contributed by atoms with Gasteiger partial charge in [0.15, 0.2) is 0 Å². The summed E-state index contributed by atoms with van der Waals surface area (Å²) in [5.74, 6) is 0.991. The van der Waals surface area contributed by atoms with Gasteiger partial charge in [0, 0.05) is 23.8 Å². The second-order valence-electron chi connectivity index (χ2n) is 4.56. The van der Waals surface area contributed by atoms with Crippen LogP contribution in [-0.4, -0.2) is 22.7 Å². The Bertz CT molecular complexity index is 386. The molecule has 0 unspecified atom stereocenters. The van der Waals surface area contributed by atoms with Crippen molar-refractivity contribution in [1.82, 2.24) is 4.98 Å². The number of rotatable bonds is 4. The van der Waals surface area contributed by atoms with Crippen LogP contribution in [0.25, 0.3) is 0 Å². The van der Waals surface area contributed by atoms with Crippen LogP contribution in [0, 0.1) is 13.8 Å². The van der Waals surface area contributed by atoms with Crippen molar-refractivity contribution < 1.29 is 5.11 Å². The minimum atomic E-state index is 0.0810. The summed E-state index contributed by atoms with van der Waals surface area (Å²) in [5.41, 5.74) is 3.16. The number of aliphatic hydroxyl groups excluding tert-OH is 1. The third kappa shape index (κ3) is 2.05. The van der Waals surface area contributed by atoms with E-state index in [-0.39, 0.29) is 6.61 Å². The minimum Gasteiger partial charge on any atom is -0.392 e. The lowest BCUT2D eigenvalue weighted by Crippen LogP contribution is -2.27. The zero-order valence-electron chi connectivity index (χ0n) is 10.3. The van der Waals surface area contributed by atoms with Crippen molar-refractivity contribution in [2.24, 2.45) is 0 Å². The van der Waals surface area contributed by atoms with Crippen LogP contribution in [-0.2, 0) is 6.61 Å². The molecule has 0 aromatic carbocycles. The highest BCUT2D eigenvalue weighted by Crippen LogP contribution is 2.33. The average molecular weight is 220 g/mol. The van der Waals surface area contributed by atoms with E-state index in [1.54, 1.807) is 0 Å². The van der Waals surface area contributed by atoms with Crippen LogP contribution in [0.2, 0.25) is 0 Å². The van der Waals surface area contributed by atoms with E-state index in [4.69, 9.17) is 0 Å². The smallest absolute Gasteiger partial charge is 0.134 e. The van der Waals surface area contributed by atoms with E-state index >= 15 is 0 Å². The summed E-state index contributed by atoms with van der Waals surface area (Å²) in [4.78, 5) is 6.93. The van der Waals surface area contributed by atoms with Crippen molar-refractivity contribution in [3.05, 3.63) is 22.9 Å². The van der Waals surface area contributed by atoms with Gasteiger partial charge in [-0.05, 0) is 45.2 Å². The Morgan fingerprint density at radius 3 is 2.62 bits per heavy atom. The minimum absolute atomic E-state index is 0.0810. The van der Waals surface area contributed by atoms with Crippen molar-refractivity contribution in [3.8, 4) is 0 Å². The summed E-state index contributed by atoms with van der Waals surface area (Å²) in [6.07, 6.45) is 2.51. The molecule has 16 heavy (non-hydrogen) atoms. The quantitative estimate of drug-likeness (QED) is 0.845. The zero-order valence-corrected chi connectivity index (χ0v) is 10.3. The van der Waals surface area contributed by atoms with Gasteiger partial charge in [-0.2, -0.15) is 0 Å². The maximum atomic E-state index is 9.47. The predicted molar refractivity (Wildman–Crippen MR) is 65.7 cm³/mol. The molecule has 0 saturated heterocycles. The molecule has 0 spiro atoms. The Morgan fingerprint density at radius 1 is 1.44 bits per heavy atom. The van der Waals surface area contributed by atoms with E-state index < -0.39 is 0 Å². The largest absolute Gasteiger partial charge is 0.392 e. The lowest BCUT2D eigenvalue weighted by molar-refractivity contribution is 0.280. The molecular formula is C13H20N2O. The molecule has 2 rings (SSSR count). The number of hydrogen-bond acceptors (Lipinski definition) is 3. The first-order valence-corrected chi connectivity index (χ1v) is 6.02. The van der Waals surface area contributed by atoms with Gasteiger partial charge < -0.3 is 10.0 Å². The van der Waals surface area contributed by atoms with Crippen molar-refractivity contribution in [2.75, 3.05) is 11.4 Å². The van der Waals surface area contributed by atoms with Crippen LogP contribution in [0.3, 0.4) is 0 Å². The van der Waals surface area contributed by atoms with Crippen LogP contribution >= 0.6 is 0 Å². The van der Waals surface area contributed by atoms with Crippen molar-refractivity contribution in [2.45, 2.75) is 46.3 Å². The Hall–Kier alpha value is -1.09. The number of nitrogens with zero attached hydrogens (tertiary/aromatic N) is 2. The molecule has 1 saturated carbocycles. The lowest BCUT2D eigenvalue weighted by Gasteiger charge is -2.25. The summed E-state index contributed by atoms with van der Waals surface area (Å²) in [6, 6.07) is 2.68. The fourth-order valence-corrected chi connectivity index (χ4v) is 2.24. The highest BCUT2D eigenvalue weighted by molar-refractivity contribution is 5.52. The molecule has 1 N–H and O–H groups in total. The average Bonchev–Trinajstić information content (AvgIpc) is 3.02. The van der Waals surface area contributed by atoms with Crippen LogP contribution in [0.1, 0.15) is 36.6 Å². The molecule has 1 aliphatic rings. The van der Waals surface area contributed by atoms with Gasteiger partial charge in [-0.3, -0.25) is 0 Å². The maximum Gasteiger partial charge on any atom is 0.134 e. The summed E-state index contributed by atoms with van der Waals surface area (Å²) in [7, 11) is 0. The number of aliphatic hydroxyl groups is 1. The highest BCUT2D eigenvalue weighted by Gasteiger charge is 2.30. The Labute approximate surface area is 97.1 Å². The van der Waals surface area contributed by atoms with Gasteiger partial charge in [0.05, 0.1) is 6.61 Å². The first-order valence-electron chi connectivity index (χ1n) is 6.02. The second kappa shape index (κ2) is 4.42. The molecule has 3 nitrogen and oxygen atoms in total. The van der Waals surface area contributed by atoms with Crippen LogP contribution in [0.15, 0.2) is 6.07 Å². The van der Waals surface area contributed by atoms with Crippen LogP contribution in [0.4, 0.5) is 5.82 Å². The SMILES string of the molecule is CCN(c1nc(C)cc(C)c1CO)C1CC1. The van der Waals surface area contributed by atoms with Crippen molar-refractivity contribution in [3.63, 3.8) is 0 Å². The molecule has 88 valence electrons.